The third-order valence-corrected chi connectivity index (χ3v) is 0.818. The maximum absolute atomic E-state index is 10.6. The minimum absolute atomic E-state index is 0.125. The average molecular weight is 187 g/mol. The molecule has 78 valence electrons. The van der Waals surface area contributed by atoms with Gasteiger partial charge in [-0.3, -0.25) is 4.79 Å². The minimum atomic E-state index is -0.125. The van der Waals surface area contributed by atoms with E-state index in [1.165, 1.54) is 0 Å². The van der Waals surface area contributed by atoms with Crippen molar-refractivity contribution in [1.82, 2.24) is 10.2 Å². The highest BCUT2D eigenvalue weighted by Gasteiger charge is 1.96. The summed E-state index contributed by atoms with van der Waals surface area (Å²) < 4.78 is 0. The summed E-state index contributed by atoms with van der Waals surface area (Å²) >= 11 is 0. The van der Waals surface area contributed by atoms with E-state index in [9.17, 15) is 4.79 Å². The first-order valence-electron chi connectivity index (χ1n) is 4.16. The maximum Gasteiger partial charge on any atom is 0.246 e. The third kappa shape index (κ3) is 18.2. The van der Waals surface area contributed by atoms with Crippen LogP contribution in [0.4, 0.5) is 0 Å². The highest BCUT2D eigenvalue weighted by Crippen LogP contribution is 1.82. The molecule has 0 aliphatic rings. The Hall–Kier alpha value is -0.870. The summed E-state index contributed by atoms with van der Waals surface area (Å²) in [5.74, 6) is -0.125. The number of hydrogen-bond donors (Lipinski definition) is 2. The van der Waals surface area contributed by atoms with Gasteiger partial charge < -0.3 is 16.0 Å². The van der Waals surface area contributed by atoms with E-state index in [0.717, 1.165) is 0 Å². The fourth-order valence-corrected chi connectivity index (χ4v) is 0.337. The molecule has 0 spiro atoms. The average Bonchev–Trinajstić information content (AvgIpc) is 1.98. The van der Waals surface area contributed by atoms with E-state index in [0.29, 0.717) is 18.7 Å². The van der Waals surface area contributed by atoms with E-state index in [2.05, 4.69) is 11.9 Å². The third-order valence-electron chi connectivity index (χ3n) is 0.818. The Bertz CT molecular complexity index is 152. The van der Waals surface area contributed by atoms with E-state index >= 15 is 0 Å². The Morgan fingerprint density at radius 1 is 1.46 bits per heavy atom. The number of rotatable bonds is 3. The van der Waals surface area contributed by atoms with Gasteiger partial charge in [0.2, 0.25) is 5.91 Å². The van der Waals surface area contributed by atoms with Crippen LogP contribution in [-0.2, 0) is 4.79 Å². The topological polar surface area (TPSA) is 58.4 Å². The zero-order valence-electron chi connectivity index (χ0n) is 9.05. The van der Waals surface area contributed by atoms with Crippen molar-refractivity contribution in [3.8, 4) is 0 Å². The van der Waals surface area contributed by atoms with Crippen LogP contribution in [0.25, 0.3) is 0 Å². The quantitative estimate of drug-likeness (QED) is 0.602. The molecule has 0 unspecified atom stereocenters. The summed E-state index contributed by atoms with van der Waals surface area (Å²) in [6, 6.07) is 0. The monoisotopic (exact) mass is 187 g/mol. The molecule has 0 bridgehead atoms. The molecule has 0 aromatic heterocycles. The molecule has 0 aromatic carbocycles. The molecule has 0 aliphatic heterocycles. The molecular formula is C9H21N3O. The second kappa shape index (κ2) is 9.22. The van der Waals surface area contributed by atoms with E-state index in [1.54, 1.807) is 6.92 Å². The molecule has 0 saturated heterocycles. The number of carbonyl (C=O) groups excluding carboxylic acids is 1. The molecule has 0 radical (unpaired) electrons. The molecule has 0 heterocycles. The van der Waals surface area contributed by atoms with Gasteiger partial charge in [-0.15, -0.1) is 0 Å². The molecule has 0 aliphatic carbocycles. The van der Waals surface area contributed by atoms with Gasteiger partial charge in [-0.25, -0.2) is 0 Å². The normalized spacial score (nSPS) is 8.77. The molecule has 4 heteroatoms. The summed E-state index contributed by atoms with van der Waals surface area (Å²) in [6.07, 6.45) is 0. The van der Waals surface area contributed by atoms with Gasteiger partial charge in [-0.2, -0.15) is 0 Å². The van der Waals surface area contributed by atoms with Gasteiger partial charge in [0.1, 0.15) is 0 Å². The lowest BCUT2D eigenvalue weighted by atomic mass is 10.3. The fourth-order valence-electron chi connectivity index (χ4n) is 0.337. The summed E-state index contributed by atoms with van der Waals surface area (Å²) in [5.41, 5.74) is 5.65. The zero-order chi connectivity index (χ0) is 10.9. The predicted molar refractivity (Wildman–Crippen MR) is 56.5 cm³/mol. The lowest BCUT2D eigenvalue weighted by Gasteiger charge is -1.99. The number of amides is 1. The summed E-state index contributed by atoms with van der Waals surface area (Å²) in [4.78, 5) is 12.6. The summed E-state index contributed by atoms with van der Waals surface area (Å²) in [5, 5.41) is 2.57. The molecule has 4 nitrogen and oxygen atoms in total. The maximum atomic E-state index is 10.6. The second-order valence-electron chi connectivity index (χ2n) is 3.17. The van der Waals surface area contributed by atoms with Crippen molar-refractivity contribution in [2.75, 3.05) is 34.2 Å². The van der Waals surface area contributed by atoms with Crippen molar-refractivity contribution >= 4 is 5.91 Å². The predicted octanol–water partition coefficient (Wildman–Crippen LogP) is -0.185. The highest BCUT2D eigenvalue weighted by atomic mass is 16.1. The van der Waals surface area contributed by atoms with Gasteiger partial charge in [0.25, 0.3) is 0 Å². The Morgan fingerprint density at radius 3 is 2.08 bits per heavy atom. The fraction of sp³-hybridized carbons (Fsp3) is 0.667. The number of nitrogens with one attached hydrogen (secondary N) is 1. The van der Waals surface area contributed by atoms with Crippen molar-refractivity contribution in [3.63, 3.8) is 0 Å². The van der Waals surface area contributed by atoms with Gasteiger partial charge in [0, 0.05) is 18.7 Å². The molecular weight excluding hydrogens is 166 g/mol. The van der Waals surface area contributed by atoms with Crippen LogP contribution in [0.2, 0.25) is 0 Å². The second-order valence-corrected chi connectivity index (χ2v) is 3.17. The van der Waals surface area contributed by atoms with Crippen molar-refractivity contribution in [2.24, 2.45) is 5.73 Å². The molecule has 0 atom stereocenters. The Balaban J connectivity index is 0. The molecule has 3 N–H and O–H groups in total. The highest BCUT2D eigenvalue weighted by molar-refractivity contribution is 5.91. The Morgan fingerprint density at radius 2 is 1.85 bits per heavy atom. The molecule has 0 rings (SSSR count). The molecule has 1 amide bonds. The van der Waals surface area contributed by atoms with Gasteiger partial charge in [-0.1, -0.05) is 6.58 Å². The van der Waals surface area contributed by atoms with Crippen LogP contribution in [0.3, 0.4) is 0 Å². The first-order valence-corrected chi connectivity index (χ1v) is 4.16. The van der Waals surface area contributed by atoms with E-state index in [1.807, 2.05) is 26.0 Å². The number of nitrogens with two attached hydrogens (primary N) is 1. The van der Waals surface area contributed by atoms with Crippen LogP contribution in [0.1, 0.15) is 6.92 Å². The number of nitrogens with zero attached hydrogens (tertiary/aromatic N) is 1. The SMILES string of the molecule is C=C(C)C(=O)NCCN.CN(C)C. The van der Waals surface area contributed by atoms with Crippen molar-refractivity contribution in [1.29, 1.82) is 0 Å². The van der Waals surface area contributed by atoms with Crippen LogP contribution >= 0.6 is 0 Å². The van der Waals surface area contributed by atoms with E-state index in [-0.39, 0.29) is 5.91 Å². The number of carbonyl (C=O) groups is 1. The Labute approximate surface area is 80.8 Å². The molecule has 0 aromatic rings. The molecule has 13 heavy (non-hydrogen) atoms. The van der Waals surface area contributed by atoms with Crippen LogP contribution in [0.5, 0.6) is 0 Å². The Kier molecular flexibility index (Phi) is 10.4. The summed E-state index contributed by atoms with van der Waals surface area (Å²) in [7, 11) is 6.00. The lowest BCUT2D eigenvalue weighted by Crippen LogP contribution is -2.29. The summed E-state index contributed by atoms with van der Waals surface area (Å²) in [6.45, 7) is 6.10. The van der Waals surface area contributed by atoms with Crippen LogP contribution in [0, 0.1) is 0 Å². The lowest BCUT2D eigenvalue weighted by molar-refractivity contribution is -0.117. The van der Waals surface area contributed by atoms with Gasteiger partial charge in [0.05, 0.1) is 0 Å². The van der Waals surface area contributed by atoms with Crippen molar-refractivity contribution < 1.29 is 4.79 Å². The molecule has 0 fully saturated rings. The van der Waals surface area contributed by atoms with E-state index < -0.39 is 0 Å². The van der Waals surface area contributed by atoms with Gasteiger partial charge >= 0.3 is 0 Å². The smallest absolute Gasteiger partial charge is 0.246 e. The number of hydrogen-bond acceptors (Lipinski definition) is 3. The minimum Gasteiger partial charge on any atom is -0.351 e. The van der Waals surface area contributed by atoms with Gasteiger partial charge in [0.15, 0.2) is 0 Å². The standard InChI is InChI=1S/C6H12N2O.C3H9N/c1-5(2)6(9)8-4-3-7;1-4(2)3/h1,3-4,7H2,2H3,(H,8,9);1-3H3. The first-order chi connectivity index (χ1) is 5.91. The van der Waals surface area contributed by atoms with E-state index in [4.69, 9.17) is 5.73 Å². The van der Waals surface area contributed by atoms with Gasteiger partial charge in [-0.05, 0) is 28.1 Å². The van der Waals surface area contributed by atoms with Crippen LogP contribution in [0.15, 0.2) is 12.2 Å². The zero-order valence-corrected chi connectivity index (χ0v) is 9.05. The van der Waals surface area contributed by atoms with Crippen LogP contribution in [-0.4, -0.2) is 45.0 Å². The van der Waals surface area contributed by atoms with Crippen molar-refractivity contribution in [2.45, 2.75) is 6.92 Å². The largest absolute Gasteiger partial charge is 0.351 e. The van der Waals surface area contributed by atoms with Crippen LogP contribution < -0.4 is 11.1 Å². The first kappa shape index (κ1) is 14.6. The molecule has 0 saturated carbocycles. The van der Waals surface area contributed by atoms with Crippen molar-refractivity contribution in [3.05, 3.63) is 12.2 Å².